The number of aryl methyl sites for hydroxylation is 1. The van der Waals surface area contributed by atoms with Gasteiger partial charge < -0.3 is 20.5 Å². The summed E-state index contributed by atoms with van der Waals surface area (Å²) in [4.78, 5) is 11.4. The maximum atomic E-state index is 11.4. The third kappa shape index (κ3) is 3.15. The van der Waals surface area contributed by atoms with Crippen molar-refractivity contribution in [2.75, 3.05) is 13.2 Å². The van der Waals surface area contributed by atoms with Crippen molar-refractivity contribution in [1.29, 1.82) is 0 Å². The van der Waals surface area contributed by atoms with E-state index in [1.54, 1.807) is 12.1 Å². The molecule has 2 rings (SSSR count). The van der Waals surface area contributed by atoms with E-state index in [4.69, 9.17) is 10.8 Å². The quantitative estimate of drug-likeness (QED) is 0.732. The Labute approximate surface area is 130 Å². The summed E-state index contributed by atoms with van der Waals surface area (Å²) in [7, 11) is 0. The van der Waals surface area contributed by atoms with Crippen LogP contribution in [0.5, 0.6) is 0 Å². The maximum Gasteiger partial charge on any atom is 0.335 e. The number of aliphatic hydroxyl groups excluding tert-OH is 1. The van der Waals surface area contributed by atoms with Crippen LogP contribution in [0.15, 0.2) is 18.3 Å². The van der Waals surface area contributed by atoms with Crippen LogP contribution in [-0.4, -0.2) is 33.9 Å². The molecular weight excluding hydrogens is 280 g/mol. The van der Waals surface area contributed by atoms with Crippen LogP contribution in [0, 0.1) is 0 Å². The maximum absolute atomic E-state index is 11.4. The number of nitrogens with two attached hydrogens (primary N) is 1. The van der Waals surface area contributed by atoms with E-state index in [9.17, 15) is 9.90 Å². The normalized spacial score (nSPS) is 11.5. The van der Waals surface area contributed by atoms with Gasteiger partial charge in [0.15, 0.2) is 0 Å². The molecule has 120 valence electrons. The minimum atomic E-state index is -0.913. The van der Waals surface area contributed by atoms with Gasteiger partial charge in [0.2, 0.25) is 0 Å². The Kier molecular flexibility index (Phi) is 5.21. The number of carbonyl (C=O) groups is 1. The number of carboxylic acid groups (broad SMARTS) is 1. The first-order valence-electron chi connectivity index (χ1n) is 7.69. The van der Waals surface area contributed by atoms with Gasteiger partial charge in [-0.25, -0.2) is 4.79 Å². The molecule has 5 heteroatoms. The van der Waals surface area contributed by atoms with E-state index in [-0.39, 0.29) is 12.5 Å². The summed E-state index contributed by atoms with van der Waals surface area (Å²) in [6.45, 7) is 5.48. The first-order valence-corrected chi connectivity index (χ1v) is 7.69. The lowest BCUT2D eigenvalue weighted by Gasteiger charge is -2.13. The Bertz CT molecular complexity index is 674. The molecule has 0 bridgehead atoms. The first-order chi connectivity index (χ1) is 10.5. The van der Waals surface area contributed by atoms with Gasteiger partial charge in [-0.1, -0.05) is 13.8 Å². The number of fused-ring (bicyclic) bond motifs is 1. The fraction of sp³-hybridized carbons (Fsp3) is 0.471. The Hall–Kier alpha value is -1.85. The number of hydrogen-bond donors (Lipinski definition) is 3. The lowest BCUT2D eigenvalue weighted by atomic mass is 9.95. The number of carboxylic acids is 1. The van der Waals surface area contributed by atoms with Gasteiger partial charge in [-0.3, -0.25) is 0 Å². The molecule has 0 fully saturated rings. The van der Waals surface area contributed by atoms with Crippen molar-refractivity contribution in [2.45, 2.75) is 39.2 Å². The van der Waals surface area contributed by atoms with Crippen molar-refractivity contribution in [3.05, 3.63) is 35.0 Å². The highest BCUT2D eigenvalue weighted by Gasteiger charge is 2.17. The average Bonchev–Trinajstić information content (AvgIpc) is 2.82. The summed E-state index contributed by atoms with van der Waals surface area (Å²) in [6.07, 6.45) is 3.44. The molecule has 0 atom stereocenters. The highest BCUT2D eigenvalue weighted by molar-refractivity contribution is 5.97. The fourth-order valence-electron chi connectivity index (χ4n) is 2.89. The zero-order chi connectivity index (χ0) is 16.3. The highest BCUT2D eigenvalue weighted by Crippen LogP contribution is 2.31. The van der Waals surface area contributed by atoms with Gasteiger partial charge in [0.25, 0.3) is 0 Å². The molecule has 1 aromatic heterocycles. The van der Waals surface area contributed by atoms with Gasteiger partial charge >= 0.3 is 5.97 Å². The number of nitrogens with zero attached hydrogens (tertiary/aromatic N) is 1. The molecule has 1 aromatic carbocycles. The van der Waals surface area contributed by atoms with Gasteiger partial charge in [0, 0.05) is 31.3 Å². The number of aromatic nitrogens is 1. The zero-order valence-corrected chi connectivity index (χ0v) is 13.2. The van der Waals surface area contributed by atoms with Gasteiger partial charge in [-0.2, -0.15) is 0 Å². The minimum absolute atomic E-state index is 0.124. The van der Waals surface area contributed by atoms with Crippen LogP contribution in [0.3, 0.4) is 0 Å². The second-order valence-electron chi connectivity index (χ2n) is 5.89. The van der Waals surface area contributed by atoms with Crippen molar-refractivity contribution < 1.29 is 15.0 Å². The van der Waals surface area contributed by atoms with Gasteiger partial charge in [0.05, 0.1) is 11.1 Å². The minimum Gasteiger partial charge on any atom is -0.478 e. The third-order valence-corrected chi connectivity index (χ3v) is 3.93. The van der Waals surface area contributed by atoms with Crippen LogP contribution < -0.4 is 5.73 Å². The standard InChI is InChI=1S/C17H24N2O3/c1-11(2)14-8-13(17(21)22)9-15-12(4-3-7-20)10-19(6-5-18)16(14)15/h8-11,20H,3-7,18H2,1-2H3,(H,21,22). The number of benzene rings is 1. The van der Waals surface area contributed by atoms with Crippen molar-refractivity contribution in [2.24, 2.45) is 5.73 Å². The Morgan fingerprint density at radius 1 is 1.36 bits per heavy atom. The monoisotopic (exact) mass is 304 g/mol. The van der Waals surface area contributed by atoms with Crippen molar-refractivity contribution >= 4 is 16.9 Å². The van der Waals surface area contributed by atoms with Crippen LogP contribution in [0.1, 0.15) is 47.7 Å². The Morgan fingerprint density at radius 2 is 2.09 bits per heavy atom. The average molecular weight is 304 g/mol. The van der Waals surface area contributed by atoms with E-state index in [1.165, 1.54) is 0 Å². The van der Waals surface area contributed by atoms with Crippen LogP contribution in [0.2, 0.25) is 0 Å². The zero-order valence-electron chi connectivity index (χ0n) is 13.2. The Balaban J connectivity index is 2.72. The smallest absolute Gasteiger partial charge is 0.335 e. The second-order valence-corrected chi connectivity index (χ2v) is 5.89. The summed E-state index contributed by atoms with van der Waals surface area (Å²) in [5, 5.41) is 19.4. The van der Waals surface area contributed by atoms with E-state index < -0.39 is 5.97 Å². The summed E-state index contributed by atoms with van der Waals surface area (Å²) in [5.74, 6) is -0.692. The van der Waals surface area contributed by atoms with Crippen LogP contribution in [-0.2, 0) is 13.0 Å². The van der Waals surface area contributed by atoms with Crippen molar-refractivity contribution in [1.82, 2.24) is 4.57 Å². The number of aliphatic hydroxyl groups is 1. The molecule has 0 spiro atoms. The number of hydrogen-bond acceptors (Lipinski definition) is 3. The van der Waals surface area contributed by atoms with E-state index in [2.05, 4.69) is 18.4 Å². The van der Waals surface area contributed by atoms with Crippen molar-refractivity contribution in [3.63, 3.8) is 0 Å². The lowest BCUT2D eigenvalue weighted by Crippen LogP contribution is -2.10. The van der Waals surface area contributed by atoms with Crippen LogP contribution >= 0.6 is 0 Å². The Morgan fingerprint density at radius 3 is 2.64 bits per heavy atom. The SMILES string of the molecule is CC(C)c1cc(C(=O)O)cc2c(CCCO)cn(CCN)c12. The van der Waals surface area contributed by atoms with E-state index in [1.807, 2.05) is 6.20 Å². The molecule has 1 heterocycles. The van der Waals surface area contributed by atoms with Crippen molar-refractivity contribution in [3.8, 4) is 0 Å². The molecular formula is C17H24N2O3. The van der Waals surface area contributed by atoms with E-state index in [0.29, 0.717) is 25.1 Å². The van der Waals surface area contributed by atoms with Gasteiger partial charge in [-0.15, -0.1) is 0 Å². The molecule has 0 aliphatic heterocycles. The summed E-state index contributed by atoms with van der Waals surface area (Å²) < 4.78 is 2.11. The number of rotatable bonds is 7. The van der Waals surface area contributed by atoms with E-state index in [0.717, 1.165) is 28.5 Å². The predicted octanol–water partition coefficient (Wildman–Crippen LogP) is 2.35. The van der Waals surface area contributed by atoms with Gasteiger partial charge in [-0.05, 0) is 42.0 Å². The molecule has 5 nitrogen and oxygen atoms in total. The third-order valence-electron chi connectivity index (χ3n) is 3.93. The molecule has 4 N–H and O–H groups in total. The molecule has 0 aliphatic carbocycles. The molecule has 2 aromatic rings. The highest BCUT2D eigenvalue weighted by atomic mass is 16.4. The lowest BCUT2D eigenvalue weighted by molar-refractivity contribution is 0.0697. The van der Waals surface area contributed by atoms with E-state index >= 15 is 0 Å². The predicted molar refractivity (Wildman–Crippen MR) is 87.4 cm³/mol. The molecule has 0 saturated heterocycles. The van der Waals surface area contributed by atoms with Crippen LogP contribution in [0.25, 0.3) is 10.9 Å². The fourth-order valence-corrected chi connectivity index (χ4v) is 2.89. The first kappa shape index (κ1) is 16.5. The second kappa shape index (κ2) is 6.94. The molecule has 22 heavy (non-hydrogen) atoms. The summed E-state index contributed by atoms with van der Waals surface area (Å²) in [6, 6.07) is 3.50. The number of aromatic carboxylic acids is 1. The molecule has 0 amide bonds. The van der Waals surface area contributed by atoms with Gasteiger partial charge in [0.1, 0.15) is 0 Å². The summed E-state index contributed by atoms with van der Waals surface area (Å²) >= 11 is 0. The van der Waals surface area contributed by atoms with Crippen LogP contribution in [0.4, 0.5) is 0 Å². The molecule has 0 radical (unpaired) electrons. The molecule has 0 unspecified atom stereocenters. The molecule has 0 aliphatic rings. The topological polar surface area (TPSA) is 88.5 Å². The largest absolute Gasteiger partial charge is 0.478 e. The molecule has 0 saturated carbocycles. The summed E-state index contributed by atoms with van der Waals surface area (Å²) in [5.41, 5.74) is 9.19.